The van der Waals surface area contributed by atoms with Gasteiger partial charge in [-0.3, -0.25) is 4.79 Å². The van der Waals surface area contributed by atoms with Gasteiger partial charge in [0.25, 0.3) is 0 Å². The second kappa shape index (κ2) is 3.60. The number of hydrogen-bond acceptors (Lipinski definition) is 4. The molecule has 0 amide bonds. The maximum atomic E-state index is 11.1. The minimum atomic E-state index is -3.45. The van der Waals surface area contributed by atoms with Crippen LogP contribution in [0.4, 0.5) is 0 Å². The van der Waals surface area contributed by atoms with Crippen LogP contribution in [0.2, 0.25) is 0 Å². The van der Waals surface area contributed by atoms with Crippen LogP contribution < -0.4 is 0 Å². The Labute approximate surface area is 76.1 Å². The number of morpholine rings is 1. The highest BCUT2D eigenvalue weighted by molar-refractivity contribution is 7.88. The molecule has 0 aromatic rings. The zero-order chi connectivity index (χ0) is 10.1. The zero-order valence-electron chi connectivity index (χ0n) is 7.13. The SMILES string of the molecule is CS(=O)(=O)N1CCOC[C@@H]1C(=O)O. The van der Waals surface area contributed by atoms with Crippen LogP contribution in [-0.2, 0) is 19.6 Å². The van der Waals surface area contributed by atoms with Crippen LogP contribution in [0.3, 0.4) is 0 Å². The molecule has 1 fully saturated rings. The quantitative estimate of drug-likeness (QED) is 0.613. The van der Waals surface area contributed by atoms with Crippen molar-refractivity contribution in [3.63, 3.8) is 0 Å². The highest BCUT2D eigenvalue weighted by atomic mass is 32.2. The molecule has 1 atom stereocenters. The molecule has 1 aliphatic heterocycles. The van der Waals surface area contributed by atoms with Gasteiger partial charge in [0.15, 0.2) is 0 Å². The summed E-state index contributed by atoms with van der Waals surface area (Å²) in [6.07, 6.45) is 0.994. The van der Waals surface area contributed by atoms with Crippen molar-refractivity contribution < 1.29 is 23.1 Å². The summed E-state index contributed by atoms with van der Waals surface area (Å²) in [6, 6.07) is -1.08. The van der Waals surface area contributed by atoms with Crippen LogP contribution in [0.25, 0.3) is 0 Å². The van der Waals surface area contributed by atoms with Crippen molar-refractivity contribution in [1.82, 2.24) is 4.31 Å². The Balaban J connectivity index is 2.86. The van der Waals surface area contributed by atoms with Crippen LogP contribution in [0.1, 0.15) is 0 Å². The fourth-order valence-electron chi connectivity index (χ4n) is 1.18. The molecule has 0 aromatic heterocycles. The molecular formula is C6H11NO5S. The molecule has 0 bridgehead atoms. The van der Waals surface area contributed by atoms with Gasteiger partial charge in [-0.15, -0.1) is 0 Å². The normalized spacial score (nSPS) is 25.8. The van der Waals surface area contributed by atoms with Crippen molar-refractivity contribution in [2.24, 2.45) is 0 Å². The Morgan fingerprint density at radius 2 is 2.23 bits per heavy atom. The Kier molecular flexibility index (Phi) is 2.89. The van der Waals surface area contributed by atoms with E-state index in [2.05, 4.69) is 0 Å². The van der Waals surface area contributed by atoms with Crippen molar-refractivity contribution in [2.45, 2.75) is 6.04 Å². The van der Waals surface area contributed by atoms with Gasteiger partial charge in [-0.1, -0.05) is 0 Å². The fourth-order valence-corrected chi connectivity index (χ4v) is 2.20. The molecule has 1 heterocycles. The van der Waals surface area contributed by atoms with Gasteiger partial charge >= 0.3 is 5.97 Å². The van der Waals surface area contributed by atoms with Gasteiger partial charge in [-0.25, -0.2) is 8.42 Å². The molecule has 0 radical (unpaired) electrons. The summed E-state index contributed by atoms with van der Waals surface area (Å²) in [5.74, 6) is -1.18. The predicted octanol–water partition coefficient (Wildman–Crippen LogP) is -1.27. The number of carboxylic acids is 1. The molecule has 0 unspecified atom stereocenters. The van der Waals surface area contributed by atoms with Crippen LogP contribution in [0.5, 0.6) is 0 Å². The Morgan fingerprint density at radius 3 is 2.62 bits per heavy atom. The zero-order valence-corrected chi connectivity index (χ0v) is 7.95. The average Bonchev–Trinajstić information content (AvgIpc) is 2.03. The molecule has 1 saturated heterocycles. The van der Waals surface area contributed by atoms with Gasteiger partial charge < -0.3 is 9.84 Å². The predicted molar refractivity (Wildman–Crippen MR) is 43.8 cm³/mol. The van der Waals surface area contributed by atoms with E-state index in [1.807, 2.05) is 0 Å². The smallest absolute Gasteiger partial charge is 0.324 e. The molecule has 0 spiro atoms. The molecule has 6 nitrogen and oxygen atoms in total. The summed E-state index contributed by atoms with van der Waals surface area (Å²) in [5.41, 5.74) is 0. The first kappa shape index (κ1) is 10.4. The van der Waals surface area contributed by atoms with E-state index in [-0.39, 0.29) is 19.8 Å². The Morgan fingerprint density at radius 1 is 1.62 bits per heavy atom. The molecule has 1 rings (SSSR count). The second-order valence-electron chi connectivity index (χ2n) is 2.80. The van der Waals surface area contributed by atoms with Crippen LogP contribution in [0, 0.1) is 0 Å². The van der Waals surface area contributed by atoms with Crippen molar-refractivity contribution in [3.8, 4) is 0 Å². The van der Waals surface area contributed by atoms with Gasteiger partial charge in [-0.05, 0) is 0 Å². The number of aliphatic carboxylic acids is 1. The molecule has 1 aliphatic rings. The standard InChI is InChI=1S/C6H11NO5S/c1-13(10,11)7-2-3-12-4-5(7)6(8)9/h5H,2-4H2,1H3,(H,8,9)/t5-/m1/s1. The van der Waals surface area contributed by atoms with E-state index >= 15 is 0 Å². The molecule has 76 valence electrons. The van der Waals surface area contributed by atoms with Gasteiger partial charge in [-0.2, -0.15) is 4.31 Å². The number of hydrogen-bond donors (Lipinski definition) is 1. The monoisotopic (exact) mass is 209 g/mol. The maximum absolute atomic E-state index is 11.1. The van der Waals surface area contributed by atoms with Gasteiger partial charge in [0.05, 0.1) is 19.5 Å². The van der Waals surface area contributed by atoms with E-state index in [0.29, 0.717) is 0 Å². The van der Waals surface area contributed by atoms with Crippen LogP contribution in [-0.4, -0.2) is 55.9 Å². The third-order valence-electron chi connectivity index (χ3n) is 1.79. The average molecular weight is 209 g/mol. The molecule has 7 heteroatoms. The molecule has 0 aliphatic carbocycles. The third-order valence-corrected chi connectivity index (χ3v) is 3.08. The molecule has 0 aromatic carbocycles. The molecule has 13 heavy (non-hydrogen) atoms. The van der Waals surface area contributed by atoms with E-state index < -0.39 is 22.0 Å². The number of rotatable bonds is 2. The number of sulfonamides is 1. The van der Waals surface area contributed by atoms with Gasteiger partial charge in [0.2, 0.25) is 10.0 Å². The minimum Gasteiger partial charge on any atom is -0.480 e. The van der Waals surface area contributed by atoms with Crippen molar-refractivity contribution >= 4 is 16.0 Å². The van der Waals surface area contributed by atoms with E-state index in [1.54, 1.807) is 0 Å². The first-order chi connectivity index (χ1) is 5.93. The number of ether oxygens (including phenoxy) is 1. The minimum absolute atomic E-state index is 0.0809. The summed E-state index contributed by atoms with van der Waals surface area (Å²) in [6.45, 7) is 0.273. The third kappa shape index (κ3) is 2.39. The highest BCUT2D eigenvalue weighted by Crippen LogP contribution is 2.10. The first-order valence-corrected chi connectivity index (χ1v) is 5.55. The summed E-state index contributed by atoms with van der Waals surface area (Å²) in [5, 5.41) is 8.69. The summed E-state index contributed by atoms with van der Waals surface area (Å²) in [4.78, 5) is 10.6. The number of carbonyl (C=O) groups is 1. The lowest BCUT2D eigenvalue weighted by Crippen LogP contribution is -2.52. The molecule has 0 saturated carbocycles. The lowest BCUT2D eigenvalue weighted by Gasteiger charge is -2.30. The van der Waals surface area contributed by atoms with E-state index in [4.69, 9.17) is 9.84 Å². The van der Waals surface area contributed by atoms with Crippen LogP contribution >= 0.6 is 0 Å². The fraction of sp³-hybridized carbons (Fsp3) is 0.833. The van der Waals surface area contributed by atoms with E-state index in [9.17, 15) is 13.2 Å². The molecular weight excluding hydrogens is 198 g/mol. The Hall–Kier alpha value is -0.660. The van der Waals surface area contributed by atoms with Crippen LogP contribution in [0.15, 0.2) is 0 Å². The van der Waals surface area contributed by atoms with Crippen molar-refractivity contribution in [2.75, 3.05) is 26.0 Å². The first-order valence-electron chi connectivity index (χ1n) is 3.70. The van der Waals surface area contributed by atoms with E-state index in [1.165, 1.54) is 0 Å². The van der Waals surface area contributed by atoms with Crippen molar-refractivity contribution in [1.29, 1.82) is 0 Å². The lowest BCUT2D eigenvalue weighted by atomic mass is 10.3. The second-order valence-corrected chi connectivity index (χ2v) is 4.74. The Bertz CT molecular complexity index is 298. The maximum Gasteiger partial charge on any atom is 0.324 e. The van der Waals surface area contributed by atoms with Crippen molar-refractivity contribution in [3.05, 3.63) is 0 Å². The summed E-state index contributed by atoms with van der Waals surface area (Å²) in [7, 11) is -3.45. The largest absolute Gasteiger partial charge is 0.480 e. The number of carboxylic acid groups (broad SMARTS) is 1. The lowest BCUT2D eigenvalue weighted by molar-refractivity contribution is -0.146. The highest BCUT2D eigenvalue weighted by Gasteiger charge is 2.34. The molecule has 1 N–H and O–H groups in total. The van der Waals surface area contributed by atoms with Gasteiger partial charge in [0.1, 0.15) is 6.04 Å². The summed E-state index contributed by atoms with van der Waals surface area (Å²) < 4.78 is 28.0. The summed E-state index contributed by atoms with van der Waals surface area (Å²) >= 11 is 0. The number of nitrogens with zero attached hydrogens (tertiary/aromatic N) is 1. The van der Waals surface area contributed by atoms with E-state index in [0.717, 1.165) is 10.6 Å². The topological polar surface area (TPSA) is 83.9 Å². The van der Waals surface area contributed by atoms with Gasteiger partial charge in [0, 0.05) is 6.54 Å².